The molecule has 146 valence electrons. The molecule has 1 rings (SSSR count). The Balaban J connectivity index is 0. The molecule has 0 atom stereocenters. The zero-order valence-electron chi connectivity index (χ0n) is 17.8. The Morgan fingerprint density at radius 2 is 1.78 bits per heavy atom. The second-order valence-electron chi connectivity index (χ2n) is 6.30. The number of nitrogens with zero attached hydrogens (tertiary/aromatic N) is 1. The van der Waals surface area contributed by atoms with E-state index in [-0.39, 0.29) is 76.0 Å². The molecule has 0 aliphatic carbocycles. The van der Waals surface area contributed by atoms with Crippen LogP contribution in [0.5, 0.6) is 0 Å². The summed E-state index contributed by atoms with van der Waals surface area (Å²) in [5.41, 5.74) is 2.93. The second kappa shape index (κ2) is 18.1. The van der Waals surface area contributed by atoms with Crippen molar-refractivity contribution in [1.29, 1.82) is 0 Å². The Labute approximate surface area is 214 Å². The molecule has 0 saturated carbocycles. The Kier molecular flexibility index (Phi) is 19.7. The normalized spacial score (nSPS) is 9.52. The molecule has 27 heavy (non-hydrogen) atoms. The first kappa shape index (κ1) is 29.3. The largest absolute Gasteiger partial charge is 1.00 e. The van der Waals surface area contributed by atoms with Crippen LogP contribution >= 0.6 is 12.6 Å². The summed E-state index contributed by atoms with van der Waals surface area (Å²) in [4.78, 5) is 25.3. The summed E-state index contributed by atoms with van der Waals surface area (Å²) >= 11 is 4.08. The molecule has 0 heterocycles. The predicted octanol–water partition coefficient (Wildman–Crippen LogP) is 2.07. The number of hydrogen-bond acceptors (Lipinski definition) is 4. The number of rotatable bonds is 11. The zero-order valence-corrected chi connectivity index (χ0v) is 21.8. The molecule has 5 heteroatoms. The number of carbonyl (C=O) groups is 2. The van der Waals surface area contributed by atoms with E-state index in [1.165, 1.54) is 26.2 Å². The SMILES string of the molecule is C=[C-]c1ccc(N(CC(C)=O)CC(=O)CCS)c(CC)c1.CCCCC.[K+]. The average Bonchev–Trinajstić information content (AvgIpc) is 2.61. The smallest absolute Gasteiger partial charge is 0.358 e. The second-order valence-corrected chi connectivity index (χ2v) is 6.74. The number of aryl methyl sites for hydroxylation is 1. The van der Waals surface area contributed by atoms with Crippen LogP contribution in [0.4, 0.5) is 5.69 Å². The fraction of sp³-hybridized carbons (Fsp3) is 0.545. The fourth-order valence-corrected chi connectivity index (χ4v) is 2.80. The summed E-state index contributed by atoms with van der Waals surface area (Å²) in [6.07, 6.45) is 8.17. The molecule has 0 amide bonds. The van der Waals surface area contributed by atoms with E-state index in [0.717, 1.165) is 23.2 Å². The van der Waals surface area contributed by atoms with Gasteiger partial charge < -0.3 is 4.90 Å². The third kappa shape index (κ3) is 13.0. The molecular formula is C22H34KNO2S. The van der Waals surface area contributed by atoms with Crippen molar-refractivity contribution in [2.75, 3.05) is 23.7 Å². The number of ketones is 2. The first-order valence-corrected chi connectivity index (χ1v) is 10.1. The predicted molar refractivity (Wildman–Crippen MR) is 115 cm³/mol. The van der Waals surface area contributed by atoms with Crippen molar-refractivity contribution < 1.29 is 61.0 Å². The van der Waals surface area contributed by atoms with E-state index in [4.69, 9.17) is 0 Å². The Morgan fingerprint density at radius 1 is 1.15 bits per heavy atom. The molecule has 0 fully saturated rings. The summed E-state index contributed by atoms with van der Waals surface area (Å²) < 4.78 is 0. The summed E-state index contributed by atoms with van der Waals surface area (Å²) in [6.45, 7) is 12.1. The molecule has 0 radical (unpaired) electrons. The van der Waals surface area contributed by atoms with Gasteiger partial charge in [0.15, 0.2) is 5.78 Å². The van der Waals surface area contributed by atoms with Gasteiger partial charge >= 0.3 is 51.4 Å². The van der Waals surface area contributed by atoms with Crippen LogP contribution in [0, 0.1) is 6.08 Å². The van der Waals surface area contributed by atoms with E-state index < -0.39 is 0 Å². The molecule has 3 nitrogen and oxygen atoms in total. The Hall–Kier alpha value is 0.0864. The summed E-state index contributed by atoms with van der Waals surface area (Å²) in [7, 11) is 0. The van der Waals surface area contributed by atoms with Crippen molar-refractivity contribution in [3.63, 3.8) is 0 Å². The van der Waals surface area contributed by atoms with E-state index in [1.54, 1.807) is 0 Å². The number of Topliss-reactive ketones (excluding diaryl/α,β-unsaturated/α-hetero) is 2. The molecular weight excluding hydrogens is 381 g/mol. The molecule has 0 N–H and O–H groups in total. The third-order valence-corrected chi connectivity index (χ3v) is 4.11. The van der Waals surface area contributed by atoms with Crippen molar-refractivity contribution in [2.45, 2.75) is 59.8 Å². The van der Waals surface area contributed by atoms with Crippen LogP contribution in [0.1, 0.15) is 64.5 Å². The maximum atomic E-state index is 11.9. The van der Waals surface area contributed by atoms with Gasteiger partial charge in [0.1, 0.15) is 5.78 Å². The molecule has 0 aliphatic heterocycles. The van der Waals surface area contributed by atoms with Crippen LogP contribution in [0.25, 0.3) is 0 Å². The van der Waals surface area contributed by atoms with E-state index in [1.807, 2.05) is 30.0 Å². The van der Waals surface area contributed by atoms with Gasteiger partial charge in [-0.15, -0.1) is 0 Å². The van der Waals surface area contributed by atoms with E-state index in [0.29, 0.717) is 12.2 Å². The number of benzene rings is 1. The van der Waals surface area contributed by atoms with Crippen molar-refractivity contribution in [3.05, 3.63) is 42.0 Å². The minimum absolute atomic E-state index is 0. The van der Waals surface area contributed by atoms with Gasteiger partial charge in [-0.05, 0) is 19.1 Å². The van der Waals surface area contributed by atoms with Crippen LogP contribution in [0.3, 0.4) is 0 Å². The third-order valence-electron chi connectivity index (χ3n) is 3.88. The van der Waals surface area contributed by atoms with Crippen LogP contribution in [-0.4, -0.2) is 30.4 Å². The fourth-order valence-electron chi connectivity index (χ4n) is 2.55. The van der Waals surface area contributed by atoms with E-state index in [9.17, 15) is 9.59 Å². The minimum Gasteiger partial charge on any atom is -0.358 e. The molecule has 0 spiro atoms. The molecule has 1 aromatic carbocycles. The zero-order chi connectivity index (χ0) is 19.9. The number of carbonyl (C=O) groups excluding carboxylic acids is 2. The van der Waals surface area contributed by atoms with Gasteiger partial charge in [0.2, 0.25) is 0 Å². The molecule has 0 bridgehead atoms. The minimum atomic E-state index is 0. The van der Waals surface area contributed by atoms with Crippen molar-refractivity contribution >= 4 is 29.9 Å². The van der Waals surface area contributed by atoms with Gasteiger partial charge in [-0.1, -0.05) is 51.7 Å². The summed E-state index contributed by atoms with van der Waals surface area (Å²) in [5.74, 6) is 0.653. The van der Waals surface area contributed by atoms with Gasteiger partial charge in [0, 0.05) is 12.1 Å². The van der Waals surface area contributed by atoms with Gasteiger partial charge in [-0.25, -0.2) is 0 Å². The quantitative estimate of drug-likeness (QED) is 0.342. The first-order valence-electron chi connectivity index (χ1n) is 9.46. The monoisotopic (exact) mass is 415 g/mol. The Bertz CT molecular complexity index is 573. The van der Waals surface area contributed by atoms with Gasteiger partial charge in [-0.2, -0.15) is 43.0 Å². The van der Waals surface area contributed by atoms with Crippen molar-refractivity contribution in [3.8, 4) is 0 Å². The number of unbranched alkanes of at least 4 members (excludes halogenated alkanes) is 2. The van der Waals surface area contributed by atoms with Crippen LogP contribution in [-0.2, 0) is 16.0 Å². The van der Waals surface area contributed by atoms with Crippen LogP contribution in [0.15, 0.2) is 24.8 Å². The van der Waals surface area contributed by atoms with E-state index >= 15 is 0 Å². The van der Waals surface area contributed by atoms with Crippen molar-refractivity contribution in [1.82, 2.24) is 0 Å². The maximum absolute atomic E-state index is 11.9. The first-order chi connectivity index (χ1) is 12.4. The van der Waals surface area contributed by atoms with Crippen LogP contribution in [0.2, 0.25) is 0 Å². The molecule has 1 aromatic rings. The topological polar surface area (TPSA) is 37.4 Å². The molecule has 0 aliphatic rings. The summed E-state index contributed by atoms with van der Waals surface area (Å²) in [5, 5.41) is 0. The van der Waals surface area contributed by atoms with Gasteiger partial charge in [0.05, 0.1) is 13.1 Å². The number of anilines is 1. The van der Waals surface area contributed by atoms with Crippen LogP contribution < -0.4 is 56.3 Å². The standard InChI is InChI=1S/C17H22NO2S.C5H12.K/c1-4-14-6-7-17(15(5-2)10-14)18(11-13(3)19)12-16(20)8-9-21;1-3-5-4-2;/h6-7,10,21H,1,5,8-9,11-12H2,2-3H3;3-5H2,1-2H3;/q-1;;+1. The summed E-state index contributed by atoms with van der Waals surface area (Å²) in [6, 6.07) is 5.83. The van der Waals surface area contributed by atoms with Gasteiger partial charge in [0.25, 0.3) is 0 Å². The number of hydrogen-bond donors (Lipinski definition) is 1. The van der Waals surface area contributed by atoms with Crippen molar-refractivity contribution in [2.24, 2.45) is 0 Å². The van der Waals surface area contributed by atoms with Gasteiger partial charge in [-0.3, -0.25) is 9.59 Å². The average molecular weight is 416 g/mol. The number of thiol groups is 1. The molecule has 0 unspecified atom stereocenters. The Morgan fingerprint density at radius 3 is 2.19 bits per heavy atom. The maximum Gasteiger partial charge on any atom is 1.00 e. The van der Waals surface area contributed by atoms with E-state index in [2.05, 4.69) is 39.1 Å². The molecule has 0 aromatic heterocycles. The molecule has 0 saturated heterocycles.